The smallest absolute Gasteiger partial charge is 0.123 e. The van der Waals surface area contributed by atoms with Crippen LogP contribution in [0.15, 0.2) is 36.7 Å². The number of benzene rings is 1. The van der Waals surface area contributed by atoms with Gasteiger partial charge < -0.3 is 5.32 Å². The summed E-state index contributed by atoms with van der Waals surface area (Å²) in [5.41, 5.74) is 2.89. The molecule has 0 spiro atoms. The Hall–Kier alpha value is -1.45. The SMILES string of the molecule is CCCNC(c1ccncc1C)c1cc(F)ccc1Cl. The molecular weight excluding hydrogens is 275 g/mol. The topological polar surface area (TPSA) is 24.9 Å². The normalized spacial score (nSPS) is 12.4. The minimum atomic E-state index is -0.278. The van der Waals surface area contributed by atoms with Crippen molar-refractivity contribution in [3.05, 3.63) is 64.2 Å². The van der Waals surface area contributed by atoms with Crippen LogP contribution >= 0.6 is 11.6 Å². The van der Waals surface area contributed by atoms with E-state index in [1.165, 1.54) is 12.1 Å². The Morgan fingerprint density at radius 2 is 2.10 bits per heavy atom. The molecule has 20 heavy (non-hydrogen) atoms. The molecule has 106 valence electrons. The molecule has 1 N–H and O–H groups in total. The van der Waals surface area contributed by atoms with Crippen LogP contribution in [0.3, 0.4) is 0 Å². The van der Waals surface area contributed by atoms with E-state index >= 15 is 0 Å². The van der Waals surface area contributed by atoms with Gasteiger partial charge in [-0.05, 0) is 60.8 Å². The Kier molecular flexibility index (Phi) is 5.10. The molecule has 2 rings (SSSR count). The summed E-state index contributed by atoms with van der Waals surface area (Å²) in [6, 6.07) is 6.30. The predicted octanol–water partition coefficient (Wildman–Crippen LogP) is 4.27. The molecule has 0 fully saturated rings. The van der Waals surface area contributed by atoms with Gasteiger partial charge in [0.2, 0.25) is 0 Å². The third kappa shape index (κ3) is 3.35. The van der Waals surface area contributed by atoms with Gasteiger partial charge in [-0.3, -0.25) is 4.98 Å². The van der Waals surface area contributed by atoms with Crippen LogP contribution in [0.1, 0.15) is 36.1 Å². The molecule has 0 aliphatic rings. The Morgan fingerprint density at radius 1 is 1.30 bits per heavy atom. The number of aryl methyl sites for hydroxylation is 1. The van der Waals surface area contributed by atoms with Gasteiger partial charge in [0.25, 0.3) is 0 Å². The number of nitrogens with one attached hydrogen (secondary N) is 1. The van der Waals surface area contributed by atoms with Crippen LogP contribution in [0.25, 0.3) is 0 Å². The van der Waals surface area contributed by atoms with Gasteiger partial charge in [-0.1, -0.05) is 18.5 Å². The van der Waals surface area contributed by atoms with Gasteiger partial charge in [0.15, 0.2) is 0 Å². The first-order valence-corrected chi connectivity index (χ1v) is 7.10. The maximum absolute atomic E-state index is 13.5. The number of nitrogens with zero attached hydrogens (tertiary/aromatic N) is 1. The highest BCUT2D eigenvalue weighted by molar-refractivity contribution is 6.31. The second-order valence-electron chi connectivity index (χ2n) is 4.79. The maximum Gasteiger partial charge on any atom is 0.123 e. The standard InChI is InChI=1S/C16H18ClFN2/c1-3-7-20-16(13-6-8-19-10-11(13)2)14-9-12(18)4-5-15(14)17/h4-6,8-10,16,20H,3,7H2,1-2H3. The van der Waals surface area contributed by atoms with Gasteiger partial charge in [0.05, 0.1) is 6.04 Å². The van der Waals surface area contributed by atoms with Crippen LogP contribution in [0.2, 0.25) is 5.02 Å². The van der Waals surface area contributed by atoms with Crippen molar-refractivity contribution in [3.8, 4) is 0 Å². The van der Waals surface area contributed by atoms with E-state index in [0.29, 0.717) is 5.02 Å². The first-order valence-electron chi connectivity index (χ1n) is 6.72. The molecule has 0 aliphatic carbocycles. The summed E-state index contributed by atoms with van der Waals surface area (Å²) in [6.45, 7) is 4.92. The summed E-state index contributed by atoms with van der Waals surface area (Å²) in [5, 5.41) is 4.00. The van der Waals surface area contributed by atoms with E-state index in [1.54, 1.807) is 12.3 Å². The molecule has 0 aliphatic heterocycles. The van der Waals surface area contributed by atoms with Crippen molar-refractivity contribution in [1.29, 1.82) is 0 Å². The van der Waals surface area contributed by atoms with Crippen molar-refractivity contribution in [2.24, 2.45) is 0 Å². The number of halogens is 2. The predicted molar refractivity (Wildman–Crippen MR) is 80.5 cm³/mol. The fraction of sp³-hybridized carbons (Fsp3) is 0.312. The fourth-order valence-corrected chi connectivity index (χ4v) is 2.45. The lowest BCUT2D eigenvalue weighted by atomic mass is 9.96. The van der Waals surface area contributed by atoms with Crippen molar-refractivity contribution in [1.82, 2.24) is 10.3 Å². The molecule has 0 saturated heterocycles. The average Bonchev–Trinajstić information content (AvgIpc) is 2.44. The summed E-state index contributed by atoms with van der Waals surface area (Å²) < 4.78 is 13.5. The monoisotopic (exact) mass is 292 g/mol. The van der Waals surface area contributed by atoms with Crippen molar-refractivity contribution in [2.75, 3.05) is 6.54 Å². The van der Waals surface area contributed by atoms with Gasteiger partial charge >= 0.3 is 0 Å². The van der Waals surface area contributed by atoms with Crippen LogP contribution in [-0.2, 0) is 0 Å². The summed E-state index contributed by atoms with van der Waals surface area (Å²) in [7, 11) is 0. The Bertz CT molecular complexity index is 586. The maximum atomic E-state index is 13.5. The lowest BCUT2D eigenvalue weighted by Gasteiger charge is -2.22. The molecule has 2 aromatic rings. The number of hydrogen-bond acceptors (Lipinski definition) is 2. The van der Waals surface area contributed by atoms with E-state index in [1.807, 2.05) is 19.2 Å². The first kappa shape index (κ1) is 14.9. The largest absolute Gasteiger partial charge is 0.306 e. The third-order valence-electron chi connectivity index (χ3n) is 3.24. The number of pyridine rings is 1. The number of rotatable bonds is 5. The fourth-order valence-electron chi connectivity index (χ4n) is 2.22. The van der Waals surface area contributed by atoms with Crippen molar-refractivity contribution >= 4 is 11.6 Å². The highest BCUT2D eigenvalue weighted by Crippen LogP contribution is 2.30. The molecule has 2 nitrogen and oxygen atoms in total. The van der Waals surface area contributed by atoms with E-state index in [4.69, 9.17) is 11.6 Å². The molecule has 4 heteroatoms. The minimum Gasteiger partial charge on any atom is -0.306 e. The zero-order valence-corrected chi connectivity index (χ0v) is 12.4. The number of hydrogen-bond donors (Lipinski definition) is 1. The number of aromatic nitrogens is 1. The molecule has 1 aromatic carbocycles. The molecule has 1 heterocycles. The molecule has 1 aromatic heterocycles. The van der Waals surface area contributed by atoms with Gasteiger partial charge in [0, 0.05) is 17.4 Å². The minimum absolute atomic E-state index is 0.124. The van der Waals surface area contributed by atoms with Crippen molar-refractivity contribution < 1.29 is 4.39 Å². The molecule has 0 radical (unpaired) electrons. The quantitative estimate of drug-likeness (QED) is 0.890. The zero-order chi connectivity index (χ0) is 14.5. The van der Waals surface area contributed by atoms with E-state index in [0.717, 1.165) is 29.7 Å². The highest BCUT2D eigenvalue weighted by Gasteiger charge is 2.18. The van der Waals surface area contributed by atoms with Crippen molar-refractivity contribution in [3.63, 3.8) is 0 Å². The molecule has 0 bridgehead atoms. The summed E-state index contributed by atoms with van der Waals surface area (Å²) in [5.74, 6) is -0.278. The van der Waals surface area contributed by atoms with Crippen LogP contribution in [0, 0.1) is 12.7 Å². The highest BCUT2D eigenvalue weighted by atomic mass is 35.5. The van der Waals surface area contributed by atoms with Gasteiger partial charge in [-0.25, -0.2) is 4.39 Å². The van der Waals surface area contributed by atoms with E-state index in [-0.39, 0.29) is 11.9 Å². The Labute approximate surface area is 124 Å². The molecule has 0 amide bonds. The second kappa shape index (κ2) is 6.82. The Morgan fingerprint density at radius 3 is 2.80 bits per heavy atom. The van der Waals surface area contributed by atoms with E-state index in [9.17, 15) is 4.39 Å². The van der Waals surface area contributed by atoms with Gasteiger partial charge in [0.1, 0.15) is 5.82 Å². The molecule has 1 unspecified atom stereocenters. The Balaban J connectivity index is 2.47. The molecule has 0 saturated carbocycles. The van der Waals surface area contributed by atoms with Crippen LogP contribution in [0.4, 0.5) is 4.39 Å². The van der Waals surface area contributed by atoms with E-state index < -0.39 is 0 Å². The van der Waals surface area contributed by atoms with Crippen LogP contribution in [-0.4, -0.2) is 11.5 Å². The second-order valence-corrected chi connectivity index (χ2v) is 5.19. The van der Waals surface area contributed by atoms with Gasteiger partial charge in [-0.15, -0.1) is 0 Å². The summed E-state index contributed by atoms with van der Waals surface area (Å²) in [6.07, 6.45) is 4.55. The van der Waals surface area contributed by atoms with Crippen LogP contribution < -0.4 is 5.32 Å². The third-order valence-corrected chi connectivity index (χ3v) is 3.59. The lowest BCUT2D eigenvalue weighted by molar-refractivity contribution is 0.583. The molecule has 1 atom stereocenters. The summed E-state index contributed by atoms with van der Waals surface area (Å²) >= 11 is 6.25. The average molecular weight is 293 g/mol. The van der Waals surface area contributed by atoms with E-state index in [2.05, 4.69) is 17.2 Å². The summed E-state index contributed by atoms with van der Waals surface area (Å²) in [4.78, 5) is 4.11. The lowest BCUT2D eigenvalue weighted by Crippen LogP contribution is -2.24. The molecular formula is C16H18ClFN2. The van der Waals surface area contributed by atoms with Gasteiger partial charge in [-0.2, -0.15) is 0 Å². The zero-order valence-electron chi connectivity index (χ0n) is 11.7. The van der Waals surface area contributed by atoms with Crippen LogP contribution in [0.5, 0.6) is 0 Å². The van der Waals surface area contributed by atoms with Crippen molar-refractivity contribution in [2.45, 2.75) is 26.3 Å². The first-order chi connectivity index (χ1) is 9.63.